The summed E-state index contributed by atoms with van der Waals surface area (Å²) in [6, 6.07) is 6.01. The number of aryl methyl sites for hydroxylation is 2. The summed E-state index contributed by atoms with van der Waals surface area (Å²) in [6.45, 7) is 6.26. The highest BCUT2D eigenvalue weighted by Gasteiger charge is 2.32. The van der Waals surface area contributed by atoms with E-state index in [0.717, 1.165) is 5.39 Å². The Morgan fingerprint density at radius 2 is 2.00 bits per heavy atom. The molecule has 0 spiro atoms. The maximum absolute atomic E-state index is 13.3. The number of alkyl halides is 3. The van der Waals surface area contributed by atoms with Crippen molar-refractivity contribution in [1.29, 1.82) is 0 Å². The lowest BCUT2D eigenvalue weighted by atomic mass is 10.00. The summed E-state index contributed by atoms with van der Waals surface area (Å²) in [5.74, 6) is -0.513. The fourth-order valence-corrected chi connectivity index (χ4v) is 3.79. The van der Waals surface area contributed by atoms with Crippen LogP contribution in [-0.2, 0) is 6.42 Å². The van der Waals surface area contributed by atoms with Crippen LogP contribution in [0.3, 0.4) is 0 Å². The highest BCUT2D eigenvalue weighted by atomic mass is 19.4. The number of nitrogens with zero attached hydrogens (tertiary/aromatic N) is 4. The van der Waals surface area contributed by atoms with Crippen LogP contribution in [0.1, 0.15) is 47.9 Å². The Morgan fingerprint density at radius 1 is 1.23 bits per heavy atom. The molecule has 1 aliphatic rings. The van der Waals surface area contributed by atoms with Gasteiger partial charge in [0.15, 0.2) is 5.65 Å². The van der Waals surface area contributed by atoms with E-state index in [1.54, 1.807) is 28.8 Å². The molecule has 1 aliphatic heterocycles. The summed E-state index contributed by atoms with van der Waals surface area (Å²) in [6.07, 6.45) is -1.85. The average Bonchev–Trinajstić information content (AvgIpc) is 3.07. The first-order chi connectivity index (χ1) is 14.1. The highest BCUT2D eigenvalue weighted by molar-refractivity contribution is 6.08. The summed E-state index contributed by atoms with van der Waals surface area (Å²) in [5.41, 5.74) is 2.99. The third kappa shape index (κ3) is 3.71. The van der Waals surface area contributed by atoms with Gasteiger partial charge >= 0.3 is 6.36 Å². The molecule has 3 aromatic rings. The number of benzene rings is 1. The lowest BCUT2D eigenvalue weighted by molar-refractivity contribution is -0.274. The molecule has 0 saturated carbocycles. The Balaban J connectivity index is 1.69. The summed E-state index contributed by atoms with van der Waals surface area (Å²) in [7, 11) is 0. The molecule has 3 heterocycles. The first-order valence-electron chi connectivity index (χ1n) is 9.69. The fraction of sp³-hybridized carbons (Fsp3) is 0.381. The number of fused-ring (bicyclic) bond motifs is 2. The van der Waals surface area contributed by atoms with Crippen molar-refractivity contribution in [1.82, 2.24) is 14.8 Å². The van der Waals surface area contributed by atoms with Gasteiger partial charge in [-0.3, -0.25) is 4.79 Å². The van der Waals surface area contributed by atoms with Crippen molar-refractivity contribution < 1.29 is 22.7 Å². The number of ether oxygens (including phenoxy) is 1. The SMILES string of the molecule is Cc1nc2c(cnn2C(C)C)cc1C(=O)N1CCCc2cc(OC(F)(F)F)ccc21. The molecule has 158 valence electrons. The van der Waals surface area contributed by atoms with E-state index in [-0.39, 0.29) is 17.7 Å². The molecule has 1 amide bonds. The smallest absolute Gasteiger partial charge is 0.406 e. The molecule has 0 atom stereocenters. The topological polar surface area (TPSA) is 60.2 Å². The molecule has 0 N–H and O–H groups in total. The Labute approximate surface area is 171 Å². The van der Waals surface area contributed by atoms with Crippen LogP contribution in [0.2, 0.25) is 0 Å². The maximum atomic E-state index is 13.3. The summed E-state index contributed by atoms with van der Waals surface area (Å²) >= 11 is 0. The number of carbonyl (C=O) groups excluding carboxylic acids is 1. The van der Waals surface area contributed by atoms with E-state index >= 15 is 0 Å². The molecule has 4 rings (SSSR count). The van der Waals surface area contributed by atoms with E-state index < -0.39 is 6.36 Å². The van der Waals surface area contributed by atoms with Crippen LogP contribution < -0.4 is 9.64 Å². The zero-order valence-electron chi connectivity index (χ0n) is 16.8. The van der Waals surface area contributed by atoms with Crippen molar-refractivity contribution in [3.63, 3.8) is 0 Å². The standard InChI is InChI=1S/C21H21F3N4O2/c1-12(2)28-19-15(11-25-28)10-17(13(3)26-19)20(29)27-8-4-5-14-9-16(6-7-18(14)27)30-21(22,23)24/h6-7,9-12H,4-5,8H2,1-3H3. The van der Waals surface area contributed by atoms with Crippen LogP contribution in [0.25, 0.3) is 11.0 Å². The van der Waals surface area contributed by atoms with Gasteiger partial charge in [-0.1, -0.05) is 0 Å². The second-order valence-corrected chi connectivity index (χ2v) is 7.62. The third-order valence-electron chi connectivity index (χ3n) is 5.13. The van der Waals surface area contributed by atoms with Gasteiger partial charge in [0, 0.05) is 23.7 Å². The van der Waals surface area contributed by atoms with Gasteiger partial charge in [0.25, 0.3) is 5.91 Å². The largest absolute Gasteiger partial charge is 0.573 e. The molecule has 9 heteroatoms. The lowest BCUT2D eigenvalue weighted by Gasteiger charge is -2.30. The van der Waals surface area contributed by atoms with Crippen LogP contribution in [-0.4, -0.2) is 33.6 Å². The van der Waals surface area contributed by atoms with Crippen molar-refractivity contribution in [3.05, 3.63) is 47.3 Å². The van der Waals surface area contributed by atoms with Gasteiger partial charge in [-0.25, -0.2) is 9.67 Å². The van der Waals surface area contributed by atoms with Gasteiger partial charge in [0.2, 0.25) is 0 Å². The second kappa shape index (κ2) is 7.30. The molecule has 6 nitrogen and oxygen atoms in total. The first kappa shape index (κ1) is 20.2. The molecule has 0 saturated heterocycles. The molecule has 1 aromatic carbocycles. The minimum absolute atomic E-state index is 0.137. The average molecular weight is 418 g/mol. The van der Waals surface area contributed by atoms with Crippen LogP contribution >= 0.6 is 0 Å². The molecule has 0 bridgehead atoms. The zero-order chi connectivity index (χ0) is 21.6. The number of amides is 1. The van der Waals surface area contributed by atoms with Gasteiger partial charge in [-0.2, -0.15) is 5.10 Å². The quantitative estimate of drug-likeness (QED) is 0.612. The molecule has 30 heavy (non-hydrogen) atoms. The van der Waals surface area contributed by atoms with Gasteiger partial charge in [-0.05, 0) is 63.4 Å². The van der Waals surface area contributed by atoms with Crippen molar-refractivity contribution >= 4 is 22.6 Å². The maximum Gasteiger partial charge on any atom is 0.573 e. The van der Waals surface area contributed by atoms with Crippen molar-refractivity contribution in [2.45, 2.75) is 46.0 Å². The molecule has 0 fully saturated rings. The number of hydrogen-bond donors (Lipinski definition) is 0. The second-order valence-electron chi connectivity index (χ2n) is 7.62. The van der Waals surface area contributed by atoms with Crippen LogP contribution in [0.5, 0.6) is 5.75 Å². The number of halogens is 3. The molecule has 0 radical (unpaired) electrons. The number of hydrogen-bond acceptors (Lipinski definition) is 4. The number of anilines is 1. The van der Waals surface area contributed by atoms with E-state index in [4.69, 9.17) is 0 Å². The molecule has 0 aliphatic carbocycles. The third-order valence-corrected chi connectivity index (χ3v) is 5.13. The first-order valence-corrected chi connectivity index (χ1v) is 9.69. The number of carbonyl (C=O) groups is 1. The molecule has 2 aromatic heterocycles. The van der Waals surface area contributed by atoms with Crippen LogP contribution in [0.15, 0.2) is 30.5 Å². The van der Waals surface area contributed by atoms with E-state index in [1.807, 2.05) is 13.8 Å². The number of rotatable bonds is 3. The molecular weight excluding hydrogens is 397 g/mol. The molecular formula is C21H21F3N4O2. The van der Waals surface area contributed by atoms with E-state index in [0.29, 0.717) is 47.5 Å². The summed E-state index contributed by atoms with van der Waals surface area (Å²) in [4.78, 5) is 19.5. The van der Waals surface area contributed by atoms with E-state index in [2.05, 4.69) is 14.8 Å². The number of aromatic nitrogens is 3. The van der Waals surface area contributed by atoms with Crippen molar-refractivity contribution in [2.75, 3.05) is 11.4 Å². The van der Waals surface area contributed by atoms with Crippen molar-refractivity contribution in [3.8, 4) is 5.75 Å². The monoisotopic (exact) mass is 418 g/mol. The molecule has 0 unspecified atom stereocenters. The Morgan fingerprint density at radius 3 is 2.70 bits per heavy atom. The van der Waals surface area contributed by atoms with Gasteiger partial charge in [0.1, 0.15) is 5.75 Å². The fourth-order valence-electron chi connectivity index (χ4n) is 3.79. The van der Waals surface area contributed by atoms with Crippen LogP contribution in [0, 0.1) is 6.92 Å². The Bertz CT molecular complexity index is 1120. The van der Waals surface area contributed by atoms with E-state index in [1.165, 1.54) is 18.2 Å². The Kier molecular flexibility index (Phi) is 4.91. The summed E-state index contributed by atoms with van der Waals surface area (Å²) < 4.78 is 43.4. The Hall–Kier alpha value is -3.10. The number of pyridine rings is 1. The predicted octanol–water partition coefficient (Wildman–Crippen LogP) is 4.81. The van der Waals surface area contributed by atoms with Gasteiger partial charge < -0.3 is 9.64 Å². The minimum atomic E-state index is -4.75. The normalized spacial score (nSPS) is 14.3. The van der Waals surface area contributed by atoms with Gasteiger partial charge in [-0.15, -0.1) is 13.2 Å². The predicted molar refractivity (Wildman–Crippen MR) is 106 cm³/mol. The zero-order valence-corrected chi connectivity index (χ0v) is 16.8. The van der Waals surface area contributed by atoms with Crippen LogP contribution in [0.4, 0.5) is 18.9 Å². The minimum Gasteiger partial charge on any atom is -0.406 e. The van der Waals surface area contributed by atoms with Crippen molar-refractivity contribution in [2.24, 2.45) is 0 Å². The lowest BCUT2D eigenvalue weighted by Crippen LogP contribution is -2.36. The highest BCUT2D eigenvalue weighted by Crippen LogP contribution is 2.34. The van der Waals surface area contributed by atoms with Gasteiger partial charge in [0.05, 0.1) is 17.5 Å². The summed E-state index contributed by atoms with van der Waals surface area (Å²) in [5, 5.41) is 5.11. The van der Waals surface area contributed by atoms with E-state index in [9.17, 15) is 18.0 Å².